The Hall–Kier alpha value is -2.69. The third kappa shape index (κ3) is 4.54. The first-order valence-electron chi connectivity index (χ1n) is 8.74. The topological polar surface area (TPSA) is 54.4 Å². The highest BCUT2D eigenvalue weighted by atomic mass is 32.2. The van der Waals surface area contributed by atoms with E-state index in [0.717, 1.165) is 5.56 Å². The average molecular weight is 378 g/mol. The second-order valence-electron chi connectivity index (χ2n) is 6.45. The molecule has 0 aromatic heterocycles. The second kappa shape index (κ2) is 8.33. The lowest BCUT2D eigenvalue weighted by molar-refractivity contribution is 0.145. The zero-order valence-electron chi connectivity index (χ0n) is 14.9. The highest BCUT2D eigenvalue weighted by Gasteiger charge is 2.30. The van der Waals surface area contributed by atoms with Gasteiger partial charge in [-0.15, -0.1) is 0 Å². The molecule has 3 aromatic rings. The standard InChI is InChI=1S/C23H22O3S/c1-18(19-11-5-2-6-12-19)22(23(24)20-13-7-3-8-14-20)17-27(25,26)21-15-9-4-10-16-21/h2-16,22-24H,1,17H2. The lowest BCUT2D eigenvalue weighted by Gasteiger charge is -2.26. The SMILES string of the molecule is C=C(c1ccccc1)C(CS(=O)(=O)c1ccccc1)C(O)c1ccccc1. The van der Waals surface area contributed by atoms with E-state index in [2.05, 4.69) is 6.58 Å². The summed E-state index contributed by atoms with van der Waals surface area (Å²) < 4.78 is 25.9. The van der Waals surface area contributed by atoms with Crippen LogP contribution in [0.4, 0.5) is 0 Å². The molecule has 2 atom stereocenters. The number of hydrogen-bond acceptors (Lipinski definition) is 3. The highest BCUT2D eigenvalue weighted by molar-refractivity contribution is 7.91. The van der Waals surface area contributed by atoms with Gasteiger partial charge in [0.15, 0.2) is 9.84 Å². The van der Waals surface area contributed by atoms with Crippen LogP contribution in [0.1, 0.15) is 17.2 Å². The van der Waals surface area contributed by atoms with Gasteiger partial charge in [0.05, 0.1) is 16.8 Å². The van der Waals surface area contributed by atoms with Crippen molar-refractivity contribution in [1.29, 1.82) is 0 Å². The number of benzene rings is 3. The van der Waals surface area contributed by atoms with Crippen molar-refractivity contribution in [1.82, 2.24) is 0 Å². The molecule has 0 amide bonds. The second-order valence-corrected chi connectivity index (χ2v) is 8.48. The molecule has 0 aliphatic heterocycles. The molecule has 2 unspecified atom stereocenters. The zero-order valence-corrected chi connectivity index (χ0v) is 15.7. The molecule has 0 saturated carbocycles. The summed E-state index contributed by atoms with van der Waals surface area (Å²) in [4.78, 5) is 0.246. The van der Waals surface area contributed by atoms with Crippen molar-refractivity contribution in [2.45, 2.75) is 11.0 Å². The summed E-state index contributed by atoms with van der Waals surface area (Å²) in [6.45, 7) is 4.13. The van der Waals surface area contributed by atoms with E-state index in [-0.39, 0.29) is 10.6 Å². The van der Waals surface area contributed by atoms with Gasteiger partial charge in [-0.3, -0.25) is 0 Å². The van der Waals surface area contributed by atoms with Gasteiger partial charge in [-0.1, -0.05) is 85.4 Å². The van der Waals surface area contributed by atoms with Gasteiger partial charge >= 0.3 is 0 Å². The Kier molecular flexibility index (Phi) is 5.89. The first-order valence-corrected chi connectivity index (χ1v) is 10.4. The third-order valence-corrected chi connectivity index (χ3v) is 6.40. The normalized spacial score (nSPS) is 13.7. The van der Waals surface area contributed by atoms with Crippen LogP contribution in [0.15, 0.2) is 102 Å². The highest BCUT2D eigenvalue weighted by Crippen LogP contribution is 2.35. The Morgan fingerprint density at radius 2 is 1.30 bits per heavy atom. The van der Waals surface area contributed by atoms with Crippen LogP contribution in [0.5, 0.6) is 0 Å². The summed E-state index contributed by atoms with van der Waals surface area (Å²) in [6.07, 6.45) is -0.975. The Morgan fingerprint density at radius 1 is 0.815 bits per heavy atom. The summed E-state index contributed by atoms with van der Waals surface area (Å²) in [5.41, 5.74) is 2.09. The Bertz CT molecular complexity index is 982. The van der Waals surface area contributed by atoms with Crippen LogP contribution in [-0.2, 0) is 9.84 Å². The molecule has 1 N–H and O–H groups in total. The van der Waals surface area contributed by atoms with Crippen molar-refractivity contribution in [3.05, 3.63) is 109 Å². The fourth-order valence-electron chi connectivity index (χ4n) is 3.09. The number of aliphatic hydroxyl groups is 1. The first kappa shape index (κ1) is 19.1. The molecule has 138 valence electrons. The molecule has 27 heavy (non-hydrogen) atoms. The molecule has 0 spiro atoms. The van der Waals surface area contributed by atoms with Crippen molar-refractivity contribution < 1.29 is 13.5 Å². The van der Waals surface area contributed by atoms with Crippen LogP contribution >= 0.6 is 0 Å². The van der Waals surface area contributed by atoms with E-state index >= 15 is 0 Å². The van der Waals surface area contributed by atoms with Gasteiger partial charge in [0, 0.05) is 5.92 Å². The van der Waals surface area contributed by atoms with Gasteiger partial charge in [0.1, 0.15) is 0 Å². The molecular formula is C23H22O3S. The third-order valence-electron chi connectivity index (χ3n) is 4.62. The molecule has 0 bridgehead atoms. The van der Waals surface area contributed by atoms with Crippen LogP contribution in [-0.4, -0.2) is 19.3 Å². The van der Waals surface area contributed by atoms with Gasteiger partial charge in [-0.2, -0.15) is 0 Å². The number of aliphatic hydroxyl groups excluding tert-OH is 1. The molecular weight excluding hydrogens is 356 g/mol. The fourth-order valence-corrected chi connectivity index (χ4v) is 4.71. The smallest absolute Gasteiger partial charge is 0.179 e. The van der Waals surface area contributed by atoms with E-state index in [4.69, 9.17) is 0 Å². The van der Waals surface area contributed by atoms with Crippen molar-refractivity contribution in [2.75, 3.05) is 5.75 Å². The summed E-state index contributed by atoms with van der Waals surface area (Å²) in [6, 6.07) is 26.8. The molecule has 0 aliphatic rings. The van der Waals surface area contributed by atoms with Gasteiger partial charge < -0.3 is 5.11 Å². The monoisotopic (exact) mass is 378 g/mol. The van der Waals surface area contributed by atoms with E-state index in [1.165, 1.54) is 0 Å². The van der Waals surface area contributed by atoms with Crippen LogP contribution in [0.3, 0.4) is 0 Å². The minimum atomic E-state index is -3.59. The predicted molar refractivity (Wildman–Crippen MR) is 109 cm³/mol. The molecule has 0 saturated heterocycles. The first-order chi connectivity index (χ1) is 13.0. The van der Waals surface area contributed by atoms with Crippen molar-refractivity contribution >= 4 is 15.4 Å². The van der Waals surface area contributed by atoms with E-state index in [1.54, 1.807) is 42.5 Å². The maximum atomic E-state index is 13.0. The number of rotatable bonds is 7. The van der Waals surface area contributed by atoms with E-state index in [9.17, 15) is 13.5 Å². The zero-order chi connectivity index (χ0) is 19.3. The Labute approximate surface area is 160 Å². The summed E-state index contributed by atoms with van der Waals surface area (Å²) in [5, 5.41) is 11.0. The van der Waals surface area contributed by atoms with Crippen LogP contribution in [0, 0.1) is 5.92 Å². The van der Waals surface area contributed by atoms with Gasteiger partial charge in [0.25, 0.3) is 0 Å². The van der Waals surface area contributed by atoms with E-state index < -0.39 is 21.9 Å². The molecule has 4 heteroatoms. The molecule has 3 rings (SSSR count). The van der Waals surface area contributed by atoms with Crippen molar-refractivity contribution in [3.63, 3.8) is 0 Å². The summed E-state index contributed by atoms with van der Waals surface area (Å²) in [5.74, 6) is -0.888. The van der Waals surface area contributed by atoms with Crippen LogP contribution in [0.2, 0.25) is 0 Å². The number of hydrogen-bond donors (Lipinski definition) is 1. The van der Waals surface area contributed by atoms with Crippen molar-refractivity contribution in [2.24, 2.45) is 5.92 Å². The average Bonchev–Trinajstić information content (AvgIpc) is 2.73. The predicted octanol–water partition coefficient (Wildman–Crippen LogP) is 4.52. The number of sulfone groups is 1. The maximum Gasteiger partial charge on any atom is 0.179 e. The molecule has 0 heterocycles. The van der Waals surface area contributed by atoms with E-state index in [1.807, 2.05) is 48.5 Å². The molecule has 3 nitrogen and oxygen atoms in total. The van der Waals surface area contributed by atoms with Gasteiger partial charge in [0.2, 0.25) is 0 Å². The minimum absolute atomic E-state index is 0.221. The lowest BCUT2D eigenvalue weighted by Crippen LogP contribution is -2.24. The summed E-state index contributed by atoms with van der Waals surface area (Å²) >= 11 is 0. The van der Waals surface area contributed by atoms with Crippen LogP contribution < -0.4 is 0 Å². The Balaban J connectivity index is 1.98. The quantitative estimate of drug-likeness (QED) is 0.657. The van der Waals surface area contributed by atoms with E-state index in [0.29, 0.717) is 11.1 Å². The van der Waals surface area contributed by atoms with Crippen molar-refractivity contribution in [3.8, 4) is 0 Å². The molecule has 0 aliphatic carbocycles. The lowest BCUT2D eigenvalue weighted by atomic mass is 9.87. The van der Waals surface area contributed by atoms with Crippen LogP contribution in [0.25, 0.3) is 5.57 Å². The molecule has 0 fully saturated rings. The maximum absolute atomic E-state index is 13.0. The minimum Gasteiger partial charge on any atom is -0.388 e. The Morgan fingerprint density at radius 3 is 1.85 bits per heavy atom. The fraction of sp³-hybridized carbons (Fsp3) is 0.130. The van der Waals surface area contributed by atoms with Gasteiger partial charge in [-0.25, -0.2) is 8.42 Å². The molecule has 3 aromatic carbocycles. The van der Waals surface area contributed by atoms with Gasteiger partial charge in [-0.05, 0) is 28.8 Å². The largest absolute Gasteiger partial charge is 0.388 e. The summed E-state index contributed by atoms with van der Waals surface area (Å²) in [7, 11) is -3.59. The molecule has 0 radical (unpaired) electrons.